The van der Waals surface area contributed by atoms with Gasteiger partial charge in [-0.2, -0.15) is 0 Å². The summed E-state index contributed by atoms with van der Waals surface area (Å²) in [6.07, 6.45) is 7.27. The maximum absolute atomic E-state index is 13.0. The molecule has 0 saturated heterocycles. The zero-order chi connectivity index (χ0) is 16.1. The van der Waals surface area contributed by atoms with Gasteiger partial charge in [0.1, 0.15) is 5.78 Å². The first-order valence-electron chi connectivity index (χ1n) is 8.08. The summed E-state index contributed by atoms with van der Waals surface area (Å²) in [5.74, 6) is 1.12. The van der Waals surface area contributed by atoms with Crippen molar-refractivity contribution in [3.8, 4) is 0 Å². The van der Waals surface area contributed by atoms with E-state index in [9.17, 15) is 4.79 Å². The Morgan fingerprint density at radius 3 is 2.33 bits per heavy atom. The van der Waals surface area contributed by atoms with Crippen molar-refractivity contribution in [2.75, 3.05) is 0 Å². The fourth-order valence-corrected chi connectivity index (χ4v) is 5.33. The number of rotatable bonds is 4. The Morgan fingerprint density at radius 2 is 1.81 bits per heavy atom. The summed E-state index contributed by atoms with van der Waals surface area (Å²) >= 11 is 0. The largest absolute Gasteiger partial charge is 0.299 e. The maximum atomic E-state index is 13.0. The van der Waals surface area contributed by atoms with E-state index < -0.39 is 0 Å². The molecule has 1 heteroatoms. The van der Waals surface area contributed by atoms with Gasteiger partial charge in [0.25, 0.3) is 0 Å². The lowest BCUT2D eigenvalue weighted by molar-refractivity contribution is -0.148. The second kappa shape index (κ2) is 4.97. The van der Waals surface area contributed by atoms with Crippen molar-refractivity contribution in [1.82, 2.24) is 0 Å². The van der Waals surface area contributed by atoms with Crippen LogP contribution in [-0.4, -0.2) is 5.78 Å². The summed E-state index contributed by atoms with van der Waals surface area (Å²) in [6.45, 7) is 21.2. The molecule has 0 aromatic rings. The van der Waals surface area contributed by atoms with E-state index in [1.165, 1.54) is 5.57 Å². The molecule has 0 N–H and O–H groups in total. The van der Waals surface area contributed by atoms with Gasteiger partial charge >= 0.3 is 0 Å². The van der Waals surface area contributed by atoms with E-state index in [-0.39, 0.29) is 16.2 Å². The monoisotopic (exact) mass is 286 g/mol. The molecule has 1 unspecified atom stereocenters. The predicted molar refractivity (Wildman–Crippen MR) is 90.0 cm³/mol. The number of ketones is 1. The molecule has 2 saturated carbocycles. The highest BCUT2D eigenvalue weighted by molar-refractivity contribution is 5.87. The highest BCUT2D eigenvalue weighted by Gasteiger charge is 2.63. The molecule has 2 fully saturated rings. The molecule has 0 aliphatic heterocycles. The highest BCUT2D eigenvalue weighted by Crippen LogP contribution is 2.68. The Hall–Kier alpha value is -1.11. The first-order chi connectivity index (χ1) is 9.64. The number of fused-ring (bicyclic) bond motifs is 1. The third kappa shape index (κ3) is 2.08. The topological polar surface area (TPSA) is 17.1 Å². The van der Waals surface area contributed by atoms with E-state index in [4.69, 9.17) is 0 Å². The summed E-state index contributed by atoms with van der Waals surface area (Å²) in [5, 5.41) is 0. The molecule has 0 bridgehead atoms. The van der Waals surface area contributed by atoms with Crippen molar-refractivity contribution < 1.29 is 4.79 Å². The number of carbonyl (C=O) groups excluding carboxylic acids is 1. The van der Waals surface area contributed by atoms with Crippen LogP contribution in [0.5, 0.6) is 0 Å². The molecule has 2 aliphatic carbocycles. The molecule has 0 heterocycles. The normalized spacial score (nSPS) is 41.7. The molecule has 0 aromatic carbocycles. The molecule has 0 radical (unpaired) electrons. The van der Waals surface area contributed by atoms with Crippen LogP contribution in [0, 0.1) is 28.1 Å². The van der Waals surface area contributed by atoms with Crippen LogP contribution >= 0.6 is 0 Å². The lowest BCUT2D eigenvalue weighted by Crippen LogP contribution is -2.53. The van der Waals surface area contributed by atoms with Crippen LogP contribution in [0.4, 0.5) is 0 Å². The number of carbonyl (C=O) groups is 1. The zero-order valence-electron chi connectivity index (χ0n) is 14.2. The molecular weight excluding hydrogens is 256 g/mol. The molecule has 1 nitrogen and oxygen atoms in total. The summed E-state index contributed by atoms with van der Waals surface area (Å²) in [6, 6.07) is 0. The van der Waals surface area contributed by atoms with Crippen LogP contribution in [0.25, 0.3) is 0 Å². The lowest BCUT2D eigenvalue weighted by atomic mass is 9.48. The minimum Gasteiger partial charge on any atom is -0.299 e. The molecule has 21 heavy (non-hydrogen) atoms. The van der Waals surface area contributed by atoms with Gasteiger partial charge in [-0.15, -0.1) is 13.2 Å². The summed E-state index contributed by atoms with van der Waals surface area (Å²) in [5.41, 5.74) is 1.20. The quantitative estimate of drug-likeness (QED) is 0.637. The van der Waals surface area contributed by atoms with Crippen molar-refractivity contribution in [3.05, 3.63) is 37.5 Å². The van der Waals surface area contributed by atoms with Gasteiger partial charge in [0.05, 0.1) is 0 Å². The van der Waals surface area contributed by atoms with Gasteiger partial charge < -0.3 is 0 Å². The molecule has 4 atom stereocenters. The number of Topliss-reactive ketones (excluding diaryl/α,β-unsaturated/α-hetero) is 1. The van der Waals surface area contributed by atoms with Gasteiger partial charge in [-0.05, 0) is 41.9 Å². The van der Waals surface area contributed by atoms with E-state index in [0.29, 0.717) is 24.0 Å². The van der Waals surface area contributed by atoms with Gasteiger partial charge in [-0.3, -0.25) is 4.79 Å². The van der Waals surface area contributed by atoms with Crippen molar-refractivity contribution in [3.63, 3.8) is 0 Å². The SMILES string of the molecule is C=CC[C@@H]1[C@@]2(C)CC(=C)C(C)(C)C2CC(=O)[C@@]1(C)CC=C. The summed E-state index contributed by atoms with van der Waals surface area (Å²) < 4.78 is 0. The average Bonchev–Trinajstić information content (AvgIpc) is 2.56. The van der Waals surface area contributed by atoms with Crippen LogP contribution < -0.4 is 0 Å². The fraction of sp³-hybridized carbons (Fsp3) is 0.650. The maximum Gasteiger partial charge on any atom is 0.139 e. The Kier molecular flexibility index (Phi) is 3.85. The average molecular weight is 286 g/mol. The van der Waals surface area contributed by atoms with Crippen molar-refractivity contribution in [2.24, 2.45) is 28.1 Å². The molecule has 0 spiro atoms. The van der Waals surface area contributed by atoms with Crippen LogP contribution in [0.3, 0.4) is 0 Å². The van der Waals surface area contributed by atoms with Gasteiger partial charge in [0, 0.05) is 11.8 Å². The predicted octanol–water partition coefficient (Wildman–Crippen LogP) is 5.34. The smallest absolute Gasteiger partial charge is 0.139 e. The van der Waals surface area contributed by atoms with Crippen molar-refractivity contribution in [2.45, 2.75) is 53.4 Å². The molecule has 0 aromatic heterocycles. The Morgan fingerprint density at radius 1 is 1.19 bits per heavy atom. The molecule has 116 valence electrons. The Balaban J connectivity index is 2.56. The molecular formula is C20H30O. The van der Waals surface area contributed by atoms with E-state index in [2.05, 4.69) is 47.4 Å². The van der Waals surface area contributed by atoms with Gasteiger partial charge in [0.2, 0.25) is 0 Å². The van der Waals surface area contributed by atoms with Crippen molar-refractivity contribution in [1.29, 1.82) is 0 Å². The first-order valence-corrected chi connectivity index (χ1v) is 8.08. The number of hydrogen-bond donors (Lipinski definition) is 0. The van der Waals surface area contributed by atoms with Crippen molar-refractivity contribution >= 4 is 5.78 Å². The standard InChI is InChI=1S/C20H30O/c1-8-10-15-19(6,11-9-2)17(21)12-16-18(4,5)14(3)13-20(15,16)7/h8-9,15-16H,1-3,10-13H2,4-7H3/t15-,16?,19-,20+/m0/s1. The van der Waals surface area contributed by atoms with E-state index in [1.54, 1.807) is 0 Å². The first kappa shape index (κ1) is 16.3. The zero-order valence-corrected chi connectivity index (χ0v) is 14.2. The van der Waals surface area contributed by atoms with Gasteiger partial charge in [0.15, 0.2) is 0 Å². The second-order valence-electron chi connectivity index (χ2n) is 8.17. The van der Waals surface area contributed by atoms with Crippen LogP contribution in [0.2, 0.25) is 0 Å². The van der Waals surface area contributed by atoms with Crippen LogP contribution in [0.1, 0.15) is 53.4 Å². The third-order valence-electron chi connectivity index (χ3n) is 6.74. The van der Waals surface area contributed by atoms with Gasteiger partial charge in [-0.1, -0.05) is 52.0 Å². The van der Waals surface area contributed by atoms with E-state index in [0.717, 1.165) is 19.3 Å². The minimum absolute atomic E-state index is 0.0549. The number of allylic oxidation sites excluding steroid dienone is 3. The minimum atomic E-state index is -0.304. The highest BCUT2D eigenvalue weighted by atomic mass is 16.1. The molecule has 2 rings (SSSR count). The van der Waals surface area contributed by atoms with Gasteiger partial charge in [-0.25, -0.2) is 0 Å². The Bertz CT molecular complexity index is 498. The second-order valence-corrected chi connectivity index (χ2v) is 8.17. The van der Waals surface area contributed by atoms with Crippen LogP contribution in [-0.2, 0) is 4.79 Å². The Labute approximate surface area is 130 Å². The number of hydrogen-bond acceptors (Lipinski definition) is 1. The van der Waals surface area contributed by atoms with Crippen LogP contribution in [0.15, 0.2) is 37.5 Å². The summed E-state index contributed by atoms with van der Waals surface area (Å²) in [4.78, 5) is 13.0. The summed E-state index contributed by atoms with van der Waals surface area (Å²) in [7, 11) is 0. The molecule has 2 aliphatic rings. The fourth-order valence-electron chi connectivity index (χ4n) is 5.33. The van der Waals surface area contributed by atoms with E-state index in [1.807, 2.05) is 12.2 Å². The molecule has 0 amide bonds. The van der Waals surface area contributed by atoms with E-state index >= 15 is 0 Å². The third-order valence-corrected chi connectivity index (χ3v) is 6.74. The lowest BCUT2D eigenvalue weighted by Gasteiger charge is -2.54.